The van der Waals surface area contributed by atoms with Crippen molar-refractivity contribution in [2.45, 2.75) is 39.2 Å². The summed E-state index contributed by atoms with van der Waals surface area (Å²) in [7, 11) is 0. The van der Waals surface area contributed by atoms with E-state index in [9.17, 15) is 4.79 Å². The topological polar surface area (TPSA) is 54.7 Å². The summed E-state index contributed by atoms with van der Waals surface area (Å²) >= 11 is 6.17. The molecular weight excluding hydrogens is 364 g/mol. The SMILES string of the molecule is Cc1cc(OCC(=O)NC[C@@H](c2ccco2)N2CCCCC2)cc(C)c1Cl. The molecule has 0 unspecified atom stereocenters. The minimum atomic E-state index is -0.145. The number of hydrogen-bond acceptors (Lipinski definition) is 4. The first-order valence-electron chi connectivity index (χ1n) is 9.48. The summed E-state index contributed by atoms with van der Waals surface area (Å²) in [4.78, 5) is 14.7. The van der Waals surface area contributed by atoms with Crippen molar-refractivity contribution >= 4 is 17.5 Å². The first-order valence-corrected chi connectivity index (χ1v) is 9.86. The highest BCUT2D eigenvalue weighted by Gasteiger charge is 2.24. The summed E-state index contributed by atoms with van der Waals surface area (Å²) in [6.45, 7) is 6.39. The molecule has 2 aromatic rings. The van der Waals surface area contributed by atoms with E-state index in [1.165, 1.54) is 19.3 Å². The Hall–Kier alpha value is -1.98. The molecule has 1 atom stereocenters. The van der Waals surface area contributed by atoms with Crippen molar-refractivity contribution in [2.24, 2.45) is 0 Å². The molecule has 0 radical (unpaired) electrons. The van der Waals surface area contributed by atoms with Crippen molar-refractivity contribution in [1.82, 2.24) is 10.2 Å². The van der Waals surface area contributed by atoms with Crippen LogP contribution in [0.4, 0.5) is 0 Å². The number of aryl methyl sites for hydroxylation is 2. The van der Waals surface area contributed by atoms with Crippen molar-refractivity contribution in [3.8, 4) is 5.75 Å². The molecule has 3 rings (SSSR count). The van der Waals surface area contributed by atoms with Crippen LogP contribution in [-0.4, -0.2) is 37.0 Å². The van der Waals surface area contributed by atoms with Gasteiger partial charge in [-0.25, -0.2) is 0 Å². The molecule has 1 saturated heterocycles. The van der Waals surface area contributed by atoms with Gasteiger partial charge in [0, 0.05) is 11.6 Å². The number of likely N-dealkylation sites (tertiary alicyclic amines) is 1. The molecule has 1 aliphatic heterocycles. The maximum Gasteiger partial charge on any atom is 0.258 e. The first-order chi connectivity index (χ1) is 13.0. The van der Waals surface area contributed by atoms with Crippen LogP contribution in [-0.2, 0) is 4.79 Å². The molecule has 146 valence electrons. The Labute approximate surface area is 165 Å². The standard InChI is InChI=1S/C21H27ClN2O3/c1-15-11-17(12-16(2)21(15)22)27-14-20(25)23-13-18(19-7-6-10-26-19)24-8-4-3-5-9-24/h6-7,10-12,18H,3-5,8-9,13-14H2,1-2H3,(H,23,25)/t18-/m0/s1. The van der Waals surface area contributed by atoms with E-state index in [0.29, 0.717) is 12.3 Å². The van der Waals surface area contributed by atoms with E-state index in [4.69, 9.17) is 20.8 Å². The molecule has 1 fully saturated rings. The summed E-state index contributed by atoms with van der Waals surface area (Å²) in [5.41, 5.74) is 1.88. The Morgan fingerprint density at radius 3 is 2.59 bits per heavy atom. The largest absolute Gasteiger partial charge is 0.484 e. The zero-order valence-electron chi connectivity index (χ0n) is 16.0. The minimum Gasteiger partial charge on any atom is -0.484 e. The second-order valence-electron chi connectivity index (χ2n) is 7.09. The highest BCUT2D eigenvalue weighted by atomic mass is 35.5. The lowest BCUT2D eigenvalue weighted by molar-refractivity contribution is -0.123. The number of rotatable bonds is 7. The third kappa shape index (κ3) is 5.27. The molecule has 0 bridgehead atoms. The maximum atomic E-state index is 12.3. The normalized spacial score (nSPS) is 16.1. The van der Waals surface area contributed by atoms with Crippen LogP contribution in [0.2, 0.25) is 5.02 Å². The fourth-order valence-corrected chi connectivity index (χ4v) is 3.63. The van der Waals surface area contributed by atoms with Gasteiger partial charge in [0.05, 0.1) is 12.3 Å². The zero-order valence-corrected chi connectivity index (χ0v) is 16.7. The highest BCUT2D eigenvalue weighted by molar-refractivity contribution is 6.32. The van der Waals surface area contributed by atoms with Crippen molar-refractivity contribution in [1.29, 1.82) is 0 Å². The molecule has 0 spiro atoms. The second-order valence-corrected chi connectivity index (χ2v) is 7.47. The second kappa shape index (κ2) is 9.29. The molecule has 1 amide bonds. The fraction of sp³-hybridized carbons (Fsp3) is 0.476. The van der Waals surface area contributed by atoms with Gasteiger partial charge < -0.3 is 14.5 Å². The van der Waals surface area contributed by atoms with E-state index in [1.54, 1.807) is 6.26 Å². The lowest BCUT2D eigenvalue weighted by atomic mass is 10.1. The molecule has 0 aliphatic carbocycles. The number of nitrogens with one attached hydrogen (secondary N) is 1. The van der Waals surface area contributed by atoms with Gasteiger partial charge in [-0.3, -0.25) is 9.69 Å². The minimum absolute atomic E-state index is 0.0224. The number of furan rings is 1. The van der Waals surface area contributed by atoms with E-state index in [0.717, 1.165) is 35.0 Å². The zero-order chi connectivity index (χ0) is 19.2. The average molecular weight is 391 g/mol. The number of ether oxygens (including phenoxy) is 1. The molecule has 27 heavy (non-hydrogen) atoms. The summed E-state index contributed by atoms with van der Waals surface area (Å²) in [5, 5.41) is 3.72. The molecule has 1 aliphatic rings. The third-order valence-electron chi connectivity index (χ3n) is 4.98. The van der Waals surface area contributed by atoms with Gasteiger partial charge in [-0.1, -0.05) is 18.0 Å². The van der Waals surface area contributed by atoms with Crippen molar-refractivity contribution in [2.75, 3.05) is 26.2 Å². The Bertz CT molecular complexity index is 732. The van der Waals surface area contributed by atoms with Gasteiger partial charge in [0.1, 0.15) is 11.5 Å². The van der Waals surface area contributed by atoms with Crippen LogP contribution in [0.25, 0.3) is 0 Å². The Kier molecular flexibility index (Phi) is 6.80. The highest BCUT2D eigenvalue weighted by Crippen LogP contribution is 2.26. The number of halogens is 1. The van der Waals surface area contributed by atoms with Crippen LogP contribution in [0.1, 0.15) is 42.2 Å². The number of carbonyl (C=O) groups excluding carboxylic acids is 1. The maximum absolute atomic E-state index is 12.3. The van der Waals surface area contributed by atoms with E-state index in [-0.39, 0.29) is 18.6 Å². The van der Waals surface area contributed by atoms with Crippen LogP contribution >= 0.6 is 11.6 Å². The van der Waals surface area contributed by atoms with Crippen LogP contribution in [0, 0.1) is 13.8 Å². The Morgan fingerprint density at radius 2 is 1.96 bits per heavy atom. The average Bonchev–Trinajstić information content (AvgIpc) is 3.20. The van der Waals surface area contributed by atoms with Gasteiger partial charge in [-0.05, 0) is 75.2 Å². The van der Waals surface area contributed by atoms with E-state index < -0.39 is 0 Å². The van der Waals surface area contributed by atoms with E-state index in [2.05, 4.69) is 10.2 Å². The monoisotopic (exact) mass is 390 g/mol. The van der Waals surface area contributed by atoms with Crippen LogP contribution < -0.4 is 10.1 Å². The molecule has 0 saturated carbocycles. The molecular formula is C21H27ClN2O3. The number of piperidine rings is 1. The lowest BCUT2D eigenvalue weighted by Gasteiger charge is -2.33. The predicted octanol–water partition coefficient (Wildman–Crippen LogP) is 4.27. The summed E-state index contributed by atoms with van der Waals surface area (Å²) in [6.07, 6.45) is 5.32. The number of carbonyl (C=O) groups is 1. The quantitative estimate of drug-likeness (QED) is 0.766. The van der Waals surface area contributed by atoms with Crippen LogP contribution in [0.3, 0.4) is 0 Å². The van der Waals surface area contributed by atoms with Crippen molar-refractivity contribution in [3.63, 3.8) is 0 Å². The predicted molar refractivity (Wildman–Crippen MR) is 106 cm³/mol. The van der Waals surface area contributed by atoms with Gasteiger partial charge in [-0.2, -0.15) is 0 Å². The van der Waals surface area contributed by atoms with Gasteiger partial charge >= 0.3 is 0 Å². The summed E-state index contributed by atoms with van der Waals surface area (Å²) < 4.78 is 11.3. The molecule has 6 heteroatoms. The van der Waals surface area contributed by atoms with Gasteiger partial charge in [-0.15, -0.1) is 0 Å². The van der Waals surface area contributed by atoms with Crippen molar-refractivity contribution in [3.05, 3.63) is 52.4 Å². The number of nitrogens with zero attached hydrogens (tertiary/aromatic N) is 1. The lowest BCUT2D eigenvalue weighted by Crippen LogP contribution is -2.41. The molecule has 2 heterocycles. The first kappa shape index (κ1) is 19.8. The van der Waals surface area contributed by atoms with Crippen molar-refractivity contribution < 1.29 is 13.9 Å². The van der Waals surface area contributed by atoms with E-state index >= 15 is 0 Å². The Balaban J connectivity index is 1.54. The number of benzene rings is 1. The molecule has 1 aromatic heterocycles. The van der Waals surface area contributed by atoms with Crippen LogP contribution in [0.5, 0.6) is 5.75 Å². The fourth-order valence-electron chi connectivity index (χ4n) is 3.52. The van der Waals surface area contributed by atoms with Gasteiger partial charge in [0.2, 0.25) is 0 Å². The van der Waals surface area contributed by atoms with E-state index in [1.807, 2.05) is 38.1 Å². The number of amides is 1. The van der Waals surface area contributed by atoms with Crippen LogP contribution in [0.15, 0.2) is 34.9 Å². The summed E-state index contributed by atoms with van der Waals surface area (Å²) in [6, 6.07) is 7.62. The molecule has 1 N–H and O–H groups in total. The summed E-state index contributed by atoms with van der Waals surface area (Å²) in [5.74, 6) is 1.40. The smallest absolute Gasteiger partial charge is 0.258 e. The van der Waals surface area contributed by atoms with Gasteiger partial charge in [0.25, 0.3) is 5.91 Å². The third-order valence-corrected chi connectivity index (χ3v) is 5.57. The molecule has 1 aromatic carbocycles. The Morgan fingerprint density at radius 1 is 1.26 bits per heavy atom. The van der Waals surface area contributed by atoms with Gasteiger partial charge in [0.15, 0.2) is 6.61 Å². The molecule has 5 nitrogen and oxygen atoms in total. The number of hydrogen-bond donors (Lipinski definition) is 1.